The Labute approximate surface area is 158 Å². The lowest BCUT2D eigenvalue weighted by atomic mass is 10.1. The van der Waals surface area contributed by atoms with Crippen molar-refractivity contribution in [3.8, 4) is 0 Å². The van der Waals surface area contributed by atoms with Crippen molar-refractivity contribution in [3.05, 3.63) is 53.7 Å². The van der Waals surface area contributed by atoms with Gasteiger partial charge < -0.3 is 19.9 Å². The number of ether oxygens (including phenoxy) is 1. The van der Waals surface area contributed by atoms with Gasteiger partial charge >= 0.3 is 6.09 Å². The van der Waals surface area contributed by atoms with Gasteiger partial charge in [0, 0.05) is 31.5 Å². The van der Waals surface area contributed by atoms with Gasteiger partial charge in [-0.15, -0.1) is 0 Å². The molecule has 1 N–H and O–H groups in total. The third-order valence-corrected chi connectivity index (χ3v) is 4.50. The standard InChI is InChI=1S/C20H24N4O3/c1-3-23(4-2)18-9-8-16(13-21-18)19(25)22-17-7-5-6-15(12-17)14-24-10-11-27-20(24)26/h5-9,12-13H,3-4,10-11,14H2,1-2H3,(H,22,25). The van der Waals surface area contributed by atoms with Crippen LogP contribution < -0.4 is 10.2 Å². The van der Waals surface area contributed by atoms with Crippen molar-refractivity contribution in [1.82, 2.24) is 9.88 Å². The largest absolute Gasteiger partial charge is 0.448 e. The minimum Gasteiger partial charge on any atom is -0.448 e. The highest BCUT2D eigenvalue weighted by Crippen LogP contribution is 2.17. The van der Waals surface area contributed by atoms with Gasteiger partial charge in [-0.2, -0.15) is 0 Å². The van der Waals surface area contributed by atoms with Crippen LogP contribution in [-0.2, 0) is 11.3 Å². The third kappa shape index (κ3) is 4.55. The monoisotopic (exact) mass is 368 g/mol. The maximum absolute atomic E-state index is 12.5. The maximum atomic E-state index is 12.5. The van der Waals surface area contributed by atoms with Crippen LogP contribution in [-0.4, -0.2) is 48.1 Å². The van der Waals surface area contributed by atoms with Crippen molar-refractivity contribution in [2.24, 2.45) is 0 Å². The van der Waals surface area contributed by atoms with E-state index >= 15 is 0 Å². The van der Waals surface area contributed by atoms with Gasteiger partial charge in [-0.3, -0.25) is 4.79 Å². The number of hydrogen-bond donors (Lipinski definition) is 1. The van der Waals surface area contributed by atoms with Gasteiger partial charge in [0.1, 0.15) is 12.4 Å². The zero-order chi connectivity index (χ0) is 19.2. The quantitative estimate of drug-likeness (QED) is 0.813. The molecule has 27 heavy (non-hydrogen) atoms. The molecule has 2 amide bonds. The molecule has 0 radical (unpaired) electrons. The van der Waals surface area contributed by atoms with Crippen LogP contribution in [0.4, 0.5) is 16.3 Å². The third-order valence-electron chi connectivity index (χ3n) is 4.50. The first-order valence-electron chi connectivity index (χ1n) is 9.13. The van der Waals surface area contributed by atoms with Crippen molar-refractivity contribution in [1.29, 1.82) is 0 Å². The number of benzene rings is 1. The molecule has 0 unspecified atom stereocenters. The molecular formula is C20H24N4O3. The van der Waals surface area contributed by atoms with Crippen LogP contribution in [0, 0.1) is 0 Å². The highest BCUT2D eigenvalue weighted by atomic mass is 16.6. The van der Waals surface area contributed by atoms with Gasteiger partial charge in [0.15, 0.2) is 0 Å². The summed E-state index contributed by atoms with van der Waals surface area (Å²) >= 11 is 0. The number of aromatic nitrogens is 1. The summed E-state index contributed by atoms with van der Waals surface area (Å²) in [6.45, 7) is 7.34. The molecule has 1 fully saturated rings. The van der Waals surface area contributed by atoms with Crippen LogP contribution >= 0.6 is 0 Å². The zero-order valence-electron chi connectivity index (χ0n) is 15.6. The molecule has 0 atom stereocenters. The summed E-state index contributed by atoms with van der Waals surface area (Å²) in [4.78, 5) is 32.2. The number of carbonyl (C=O) groups is 2. The fourth-order valence-electron chi connectivity index (χ4n) is 3.00. The highest BCUT2D eigenvalue weighted by Gasteiger charge is 2.21. The van der Waals surface area contributed by atoms with Crippen LogP contribution in [0.25, 0.3) is 0 Å². The minimum absolute atomic E-state index is 0.216. The second-order valence-electron chi connectivity index (χ2n) is 6.27. The Morgan fingerprint density at radius 1 is 1.26 bits per heavy atom. The molecule has 7 nitrogen and oxygen atoms in total. The molecule has 1 aromatic carbocycles. The Morgan fingerprint density at radius 3 is 2.70 bits per heavy atom. The predicted octanol–water partition coefficient (Wildman–Crippen LogP) is 3.13. The first kappa shape index (κ1) is 18.7. The minimum atomic E-state index is -0.302. The van der Waals surface area contributed by atoms with Gasteiger partial charge in [0.2, 0.25) is 0 Å². The molecule has 7 heteroatoms. The summed E-state index contributed by atoms with van der Waals surface area (Å²) in [6, 6.07) is 11.1. The van der Waals surface area contributed by atoms with Crippen molar-refractivity contribution in [3.63, 3.8) is 0 Å². The van der Waals surface area contributed by atoms with Crippen molar-refractivity contribution < 1.29 is 14.3 Å². The predicted molar refractivity (Wildman–Crippen MR) is 104 cm³/mol. The van der Waals surface area contributed by atoms with Crippen LogP contribution in [0.1, 0.15) is 29.8 Å². The number of anilines is 2. The number of pyridine rings is 1. The van der Waals surface area contributed by atoms with Gasteiger partial charge in [-0.1, -0.05) is 12.1 Å². The number of amides is 2. The number of cyclic esters (lactones) is 1. The second kappa shape index (κ2) is 8.53. The molecule has 2 heterocycles. The molecule has 0 spiro atoms. The molecular weight excluding hydrogens is 344 g/mol. The Hall–Kier alpha value is -3.09. The van der Waals surface area contributed by atoms with Gasteiger partial charge in [-0.05, 0) is 43.7 Å². The topological polar surface area (TPSA) is 74.8 Å². The van der Waals surface area contributed by atoms with E-state index in [9.17, 15) is 9.59 Å². The average Bonchev–Trinajstić information content (AvgIpc) is 3.08. The zero-order valence-corrected chi connectivity index (χ0v) is 15.6. The number of nitrogens with one attached hydrogen (secondary N) is 1. The molecule has 0 aliphatic carbocycles. The molecule has 1 aliphatic rings. The molecule has 1 aromatic heterocycles. The number of hydrogen-bond acceptors (Lipinski definition) is 5. The average molecular weight is 368 g/mol. The molecule has 2 aromatic rings. The summed E-state index contributed by atoms with van der Waals surface area (Å²) in [7, 11) is 0. The van der Waals surface area contributed by atoms with E-state index in [1.165, 1.54) is 0 Å². The van der Waals surface area contributed by atoms with Gasteiger partial charge in [0.05, 0.1) is 12.1 Å². The number of nitrogens with zero attached hydrogens (tertiary/aromatic N) is 3. The summed E-state index contributed by atoms with van der Waals surface area (Å²) in [5, 5.41) is 2.88. The first-order chi connectivity index (χ1) is 13.1. The second-order valence-corrected chi connectivity index (χ2v) is 6.27. The van der Waals surface area contributed by atoms with Crippen LogP contribution in [0.2, 0.25) is 0 Å². The maximum Gasteiger partial charge on any atom is 0.410 e. The molecule has 1 saturated heterocycles. The summed E-state index contributed by atoms with van der Waals surface area (Å²) in [6.07, 6.45) is 1.29. The lowest BCUT2D eigenvalue weighted by Crippen LogP contribution is -2.23. The molecule has 0 bridgehead atoms. The van der Waals surface area contributed by atoms with E-state index in [1.54, 1.807) is 17.2 Å². The Kier molecular flexibility index (Phi) is 5.90. The van der Waals surface area contributed by atoms with E-state index in [0.717, 1.165) is 24.5 Å². The Morgan fingerprint density at radius 2 is 2.07 bits per heavy atom. The molecule has 3 rings (SSSR count). The smallest absolute Gasteiger partial charge is 0.410 e. The normalized spacial score (nSPS) is 13.4. The number of carbonyl (C=O) groups excluding carboxylic acids is 2. The van der Waals surface area contributed by atoms with Crippen molar-refractivity contribution >= 4 is 23.5 Å². The summed E-state index contributed by atoms with van der Waals surface area (Å²) in [5.74, 6) is 0.641. The van der Waals surface area contributed by atoms with Gasteiger partial charge in [-0.25, -0.2) is 9.78 Å². The fourth-order valence-corrected chi connectivity index (χ4v) is 3.00. The van der Waals surface area contributed by atoms with Crippen molar-refractivity contribution in [2.75, 3.05) is 36.5 Å². The first-order valence-corrected chi connectivity index (χ1v) is 9.13. The highest BCUT2D eigenvalue weighted by molar-refractivity contribution is 6.04. The van der Waals surface area contributed by atoms with Crippen LogP contribution in [0.15, 0.2) is 42.6 Å². The van der Waals surface area contributed by atoms with Gasteiger partial charge in [0.25, 0.3) is 5.91 Å². The van der Waals surface area contributed by atoms with E-state index in [4.69, 9.17) is 4.74 Å². The van der Waals surface area contributed by atoms with E-state index < -0.39 is 0 Å². The lowest BCUT2D eigenvalue weighted by molar-refractivity contribution is 0.102. The van der Waals surface area contributed by atoms with Crippen LogP contribution in [0.3, 0.4) is 0 Å². The molecule has 1 aliphatic heterocycles. The Bertz CT molecular complexity index is 803. The van der Waals surface area contributed by atoms with Crippen LogP contribution in [0.5, 0.6) is 0 Å². The SMILES string of the molecule is CCN(CC)c1ccc(C(=O)Nc2cccc(CN3CCOC3=O)c2)cn1. The summed E-state index contributed by atoms with van der Waals surface area (Å²) in [5.41, 5.74) is 2.11. The van der Waals surface area contributed by atoms with E-state index in [2.05, 4.69) is 29.0 Å². The number of rotatable bonds is 7. The fraction of sp³-hybridized carbons (Fsp3) is 0.350. The lowest BCUT2D eigenvalue weighted by Gasteiger charge is -2.19. The summed E-state index contributed by atoms with van der Waals surface area (Å²) < 4.78 is 4.94. The molecule has 142 valence electrons. The van der Waals surface area contributed by atoms with E-state index in [0.29, 0.717) is 30.9 Å². The van der Waals surface area contributed by atoms with E-state index in [-0.39, 0.29) is 12.0 Å². The van der Waals surface area contributed by atoms with E-state index in [1.807, 2.05) is 30.3 Å². The Balaban J connectivity index is 1.65. The molecule has 0 saturated carbocycles. The van der Waals surface area contributed by atoms with Crippen molar-refractivity contribution in [2.45, 2.75) is 20.4 Å².